The topological polar surface area (TPSA) is 40.6 Å². The zero-order chi connectivity index (χ0) is 16.5. The Morgan fingerprint density at radius 2 is 1.96 bits per heavy atom. The molecule has 0 saturated carbocycles. The van der Waals surface area contributed by atoms with E-state index in [2.05, 4.69) is 16.3 Å². The predicted molar refractivity (Wildman–Crippen MR) is 93.7 cm³/mol. The number of benzene rings is 1. The molecule has 1 atom stereocenters. The third-order valence-electron chi connectivity index (χ3n) is 4.96. The average Bonchev–Trinajstić information content (AvgIpc) is 3.18. The third kappa shape index (κ3) is 2.89. The molecule has 0 aliphatic carbocycles. The molecule has 5 heteroatoms. The minimum atomic E-state index is -0.277. The number of thiophene rings is 1. The standard InChI is InChI=1S/C19H20N2O2S/c22-18-12-16(20-9-7-17-15(13-20)8-11-24-17)19(23)21(18)10-6-14-4-2-1-3-5-14/h1-5,8,11,16H,6-7,9-10,12-13H2/t16-/m0/s1. The first-order valence-electron chi connectivity index (χ1n) is 8.40. The minimum absolute atomic E-state index is 0.0189. The number of amides is 2. The number of hydrogen-bond acceptors (Lipinski definition) is 4. The summed E-state index contributed by atoms with van der Waals surface area (Å²) >= 11 is 1.79. The Morgan fingerprint density at radius 1 is 1.12 bits per heavy atom. The van der Waals surface area contributed by atoms with Crippen molar-refractivity contribution < 1.29 is 9.59 Å². The van der Waals surface area contributed by atoms with Crippen LogP contribution in [0.4, 0.5) is 0 Å². The van der Waals surface area contributed by atoms with Crippen molar-refractivity contribution in [3.05, 3.63) is 57.8 Å². The predicted octanol–water partition coefficient (Wildman–Crippen LogP) is 2.48. The molecule has 2 amide bonds. The number of rotatable bonds is 4. The maximum Gasteiger partial charge on any atom is 0.247 e. The highest BCUT2D eigenvalue weighted by Gasteiger charge is 2.42. The van der Waals surface area contributed by atoms with Gasteiger partial charge >= 0.3 is 0 Å². The van der Waals surface area contributed by atoms with E-state index in [0.717, 1.165) is 31.5 Å². The fourth-order valence-corrected chi connectivity index (χ4v) is 4.50. The zero-order valence-electron chi connectivity index (χ0n) is 13.5. The van der Waals surface area contributed by atoms with Gasteiger partial charge in [0.25, 0.3) is 0 Å². The Hall–Kier alpha value is -1.98. The number of nitrogens with zero attached hydrogens (tertiary/aromatic N) is 2. The SMILES string of the molecule is O=C1C[C@H](N2CCc3sccc3C2)C(=O)N1CCc1ccccc1. The van der Waals surface area contributed by atoms with Crippen molar-refractivity contribution in [3.63, 3.8) is 0 Å². The fourth-order valence-electron chi connectivity index (χ4n) is 3.61. The van der Waals surface area contributed by atoms with Crippen LogP contribution in [0.15, 0.2) is 41.8 Å². The van der Waals surface area contributed by atoms with E-state index >= 15 is 0 Å². The lowest BCUT2D eigenvalue weighted by atomic mass is 10.1. The second-order valence-corrected chi connectivity index (χ2v) is 7.43. The number of imide groups is 1. The van der Waals surface area contributed by atoms with Crippen LogP contribution >= 0.6 is 11.3 Å². The number of carbonyl (C=O) groups is 2. The summed E-state index contributed by atoms with van der Waals surface area (Å²) < 4.78 is 0. The van der Waals surface area contributed by atoms with Crippen molar-refractivity contribution >= 4 is 23.2 Å². The molecule has 0 bridgehead atoms. The van der Waals surface area contributed by atoms with Crippen LogP contribution in [-0.4, -0.2) is 40.7 Å². The van der Waals surface area contributed by atoms with E-state index in [4.69, 9.17) is 0 Å². The van der Waals surface area contributed by atoms with Crippen LogP contribution in [-0.2, 0) is 29.0 Å². The first kappa shape index (κ1) is 15.5. The summed E-state index contributed by atoms with van der Waals surface area (Å²) in [6.07, 6.45) is 2.03. The molecule has 0 spiro atoms. The molecule has 124 valence electrons. The molecule has 3 heterocycles. The van der Waals surface area contributed by atoms with Crippen LogP contribution in [0.2, 0.25) is 0 Å². The Morgan fingerprint density at radius 3 is 2.79 bits per heavy atom. The van der Waals surface area contributed by atoms with E-state index in [-0.39, 0.29) is 17.9 Å². The van der Waals surface area contributed by atoms with Gasteiger partial charge in [0.2, 0.25) is 11.8 Å². The molecule has 4 rings (SSSR count). The Labute approximate surface area is 145 Å². The van der Waals surface area contributed by atoms with Crippen molar-refractivity contribution in [1.29, 1.82) is 0 Å². The largest absolute Gasteiger partial charge is 0.287 e. The van der Waals surface area contributed by atoms with Gasteiger partial charge < -0.3 is 0 Å². The van der Waals surface area contributed by atoms with Gasteiger partial charge in [-0.05, 0) is 35.4 Å². The fraction of sp³-hybridized carbons (Fsp3) is 0.368. The molecule has 1 saturated heterocycles. The molecule has 0 N–H and O–H groups in total. The molecule has 2 aliphatic heterocycles. The van der Waals surface area contributed by atoms with E-state index in [9.17, 15) is 9.59 Å². The van der Waals surface area contributed by atoms with E-state index in [0.29, 0.717) is 13.0 Å². The first-order valence-corrected chi connectivity index (χ1v) is 9.28. The molecule has 24 heavy (non-hydrogen) atoms. The van der Waals surface area contributed by atoms with E-state index in [1.165, 1.54) is 15.3 Å². The van der Waals surface area contributed by atoms with Gasteiger partial charge in [0.15, 0.2) is 0 Å². The molecule has 2 aromatic rings. The number of likely N-dealkylation sites (tertiary alicyclic amines) is 1. The van der Waals surface area contributed by atoms with Crippen LogP contribution in [0.25, 0.3) is 0 Å². The van der Waals surface area contributed by atoms with Crippen LogP contribution in [0, 0.1) is 0 Å². The number of carbonyl (C=O) groups excluding carboxylic acids is 2. The van der Waals surface area contributed by atoms with Gasteiger partial charge in [-0.25, -0.2) is 0 Å². The summed E-state index contributed by atoms with van der Waals surface area (Å²) in [7, 11) is 0. The maximum atomic E-state index is 12.8. The average molecular weight is 340 g/mol. The van der Waals surface area contributed by atoms with Crippen molar-refractivity contribution in [2.24, 2.45) is 0 Å². The van der Waals surface area contributed by atoms with Gasteiger partial charge in [-0.1, -0.05) is 30.3 Å². The van der Waals surface area contributed by atoms with Gasteiger partial charge in [0, 0.05) is 24.5 Å². The van der Waals surface area contributed by atoms with Gasteiger partial charge in [-0.3, -0.25) is 19.4 Å². The van der Waals surface area contributed by atoms with E-state index in [1.807, 2.05) is 30.3 Å². The lowest BCUT2D eigenvalue weighted by Crippen LogP contribution is -2.44. The van der Waals surface area contributed by atoms with Crippen LogP contribution in [0.5, 0.6) is 0 Å². The Kier molecular flexibility index (Phi) is 4.21. The van der Waals surface area contributed by atoms with Gasteiger partial charge in [0.1, 0.15) is 0 Å². The molecule has 0 unspecified atom stereocenters. The Balaban J connectivity index is 1.42. The second-order valence-electron chi connectivity index (χ2n) is 6.43. The highest BCUT2D eigenvalue weighted by atomic mass is 32.1. The summed E-state index contributed by atoms with van der Waals surface area (Å²) in [6, 6.07) is 11.9. The maximum absolute atomic E-state index is 12.8. The summed E-state index contributed by atoms with van der Waals surface area (Å²) in [5.41, 5.74) is 2.47. The second kappa shape index (κ2) is 6.49. The Bertz CT molecular complexity index is 756. The summed E-state index contributed by atoms with van der Waals surface area (Å²) in [6.45, 7) is 2.13. The molecule has 1 aromatic carbocycles. The van der Waals surface area contributed by atoms with Crippen molar-refractivity contribution in [3.8, 4) is 0 Å². The number of fused-ring (bicyclic) bond motifs is 1. The molecule has 2 aliphatic rings. The van der Waals surface area contributed by atoms with Crippen LogP contribution in [0.3, 0.4) is 0 Å². The molecule has 1 aromatic heterocycles. The lowest BCUT2D eigenvalue weighted by Gasteiger charge is -2.30. The van der Waals surface area contributed by atoms with Gasteiger partial charge in [-0.2, -0.15) is 0 Å². The zero-order valence-corrected chi connectivity index (χ0v) is 14.3. The summed E-state index contributed by atoms with van der Waals surface area (Å²) in [5, 5.41) is 2.11. The smallest absolute Gasteiger partial charge is 0.247 e. The molecular formula is C19H20N2O2S. The quantitative estimate of drug-likeness (QED) is 0.803. The van der Waals surface area contributed by atoms with Gasteiger partial charge in [0.05, 0.1) is 12.5 Å². The van der Waals surface area contributed by atoms with Crippen LogP contribution in [0.1, 0.15) is 22.4 Å². The monoisotopic (exact) mass is 340 g/mol. The summed E-state index contributed by atoms with van der Waals surface area (Å²) in [5.74, 6) is -0.0494. The van der Waals surface area contributed by atoms with Crippen molar-refractivity contribution in [2.45, 2.75) is 31.8 Å². The highest BCUT2D eigenvalue weighted by Crippen LogP contribution is 2.28. The molecule has 0 radical (unpaired) electrons. The van der Waals surface area contributed by atoms with Crippen molar-refractivity contribution in [2.75, 3.05) is 13.1 Å². The normalized spacial score (nSPS) is 21.3. The molecule has 4 nitrogen and oxygen atoms in total. The van der Waals surface area contributed by atoms with Gasteiger partial charge in [-0.15, -0.1) is 11.3 Å². The molecular weight excluding hydrogens is 320 g/mol. The van der Waals surface area contributed by atoms with Crippen LogP contribution < -0.4 is 0 Å². The minimum Gasteiger partial charge on any atom is -0.287 e. The highest BCUT2D eigenvalue weighted by molar-refractivity contribution is 7.10. The van der Waals surface area contributed by atoms with E-state index in [1.54, 1.807) is 11.3 Å². The van der Waals surface area contributed by atoms with Crippen molar-refractivity contribution in [1.82, 2.24) is 9.80 Å². The third-order valence-corrected chi connectivity index (χ3v) is 5.99. The molecule has 1 fully saturated rings. The van der Waals surface area contributed by atoms with E-state index < -0.39 is 0 Å². The number of hydrogen-bond donors (Lipinski definition) is 0. The first-order chi connectivity index (χ1) is 11.7. The lowest BCUT2D eigenvalue weighted by molar-refractivity contribution is -0.139. The summed E-state index contributed by atoms with van der Waals surface area (Å²) in [4.78, 5) is 30.1.